The number of rotatable bonds is 6. The molecule has 16 heavy (non-hydrogen) atoms. The van der Waals surface area contributed by atoms with E-state index in [0.29, 0.717) is 11.5 Å². The van der Waals surface area contributed by atoms with Crippen molar-refractivity contribution in [2.45, 2.75) is 12.1 Å². The van der Waals surface area contributed by atoms with Gasteiger partial charge in [0, 0.05) is 11.5 Å². The van der Waals surface area contributed by atoms with E-state index in [2.05, 4.69) is 0 Å². The average molecular weight is 270 g/mol. The van der Waals surface area contributed by atoms with Gasteiger partial charge in [0.05, 0.1) is 0 Å². The molecule has 0 aliphatic rings. The maximum atomic E-state index is 9.95. The molecule has 0 aliphatic carbocycles. The summed E-state index contributed by atoms with van der Waals surface area (Å²) in [7, 11) is 0. The minimum Gasteiger partial charge on any atom is -0.480 e. The van der Waals surface area contributed by atoms with Gasteiger partial charge in [0.1, 0.15) is 12.1 Å². The molecule has 0 heterocycles. The van der Waals surface area contributed by atoms with Crippen LogP contribution in [-0.4, -0.2) is 58.3 Å². The predicted octanol–water partition coefficient (Wildman–Crippen LogP) is -0.477. The molecule has 0 spiro atoms. The Kier molecular flexibility index (Phi) is 12.4. The lowest BCUT2D eigenvalue weighted by atomic mass is 10.4. The molecule has 0 fully saturated rings. The predicted molar refractivity (Wildman–Crippen MR) is 68.0 cm³/mol. The molecule has 0 aromatic heterocycles. The lowest BCUT2D eigenvalue weighted by Crippen LogP contribution is -2.32. The first-order valence-corrected chi connectivity index (χ1v) is 7.10. The minimum absolute atomic E-state index is 0.481. The quantitative estimate of drug-likeness (QED) is 0.510. The first-order valence-electron chi connectivity index (χ1n) is 4.31. The first-order chi connectivity index (χ1) is 7.36. The largest absolute Gasteiger partial charge is 0.480 e. The molecule has 0 rings (SSSR count). The van der Waals surface area contributed by atoms with E-state index in [1.807, 2.05) is 12.5 Å². The zero-order valence-corrected chi connectivity index (χ0v) is 10.9. The molecule has 0 aromatic rings. The van der Waals surface area contributed by atoms with Crippen molar-refractivity contribution in [3.05, 3.63) is 0 Å². The van der Waals surface area contributed by atoms with E-state index < -0.39 is 24.0 Å². The zero-order chi connectivity index (χ0) is 13.1. The summed E-state index contributed by atoms with van der Waals surface area (Å²) in [6.45, 7) is 0. The third kappa shape index (κ3) is 11.6. The smallest absolute Gasteiger partial charge is 0.321 e. The van der Waals surface area contributed by atoms with Gasteiger partial charge >= 0.3 is 11.9 Å². The van der Waals surface area contributed by atoms with Crippen LogP contribution in [0.5, 0.6) is 0 Å². The van der Waals surface area contributed by atoms with Gasteiger partial charge in [-0.15, -0.1) is 0 Å². The molecule has 96 valence electrons. The van der Waals surface area contributed by atoms with Gasteiger partial charge in [-0.1, -0.05) is 0 Å². The highest BCUT2D eigenvalue weighted by Gasteiger charge is 2.08. The summed E-state index contributed by atoms with van der Waals surface area (Å²) in [5, 5.41) is 16.3. The average Bonchev–Trinajstić information content (AvgIpc) is 2.19. The van der Waals surface area contributed by atoms with Crippen molar-refractivity contribution in [2.24, 2.45) is 11.5 Å². The molecule has 6 N–H and O–H groups in total. The van der Waals surface area contributed by atoms with E-state index >= 15 is 0 Å². The highest BCUT2D eigenvalue weighted by Crippen LogP contribution is 1.93. The molecule has 0 saturated heterocycles. The van der Waals surface area contributed by atoms with Crippen LogP contribution in [0.1, 0.15) is 0 Å². The van der Waals surface area contributed by atoms with Gasteiger partial charge in [-0.3, -0.25) is 9.59 Å². The van der Waals surface area contributed by atoms with Crippen molar-refractivity contribution in [2.75, 3.05) is 24.0 Å². The Morgan fingerprint density at radius 3 is 1.31 bits per heavy atom. The van der Waals surface area contributed by atoms with Crippen molar-refractivity contribution in [3.8, 4) is 0 Å². The number of carboxylic acids is 2. The van der Waals surface area contributed by atoms with E-state index in [0.717, 1.165) is 0 Å². The molecular formula is C8H18N2O4S2. The minimum atomic E-state index is -0.931. The van der Waals surface area contributed by atoms with Crippen LogP contribution in [0.2, 0.25) is 0 Å². The fourth-order valence-corrected chi connectivity index (χ4v) is 1.51. The summed E-state index contributed by atoms with van der Waals surface area (Å²) >= 11 is 2.86. The number of aliphatic carboxylic acids is 2. The summed E-state index contributed by atoms with van der Waals surface area (Å²) in [4.78, 5) is 19.9. The number of thioether (sulfide) groups is 2. The summed E-state index contributed by atoms with van der Waals surface area (Å²) in [6, 6.07) is -1.41. The lowest BCUT2D eigenvalue weighted by Gasteiger charge is -2.00. The maximum Gasteiger partial charge on any atom is 0.321 e. The summed E-state index contributed by atoms with van der Waals surface area (Å²) < 4.78 is 0. The lowest BCUT2D eigenvalue weighted by molar-refractivity contribution is -0.138. The standard InChI is InChI=1S/2C4H9NO2S/c2*1-8-2-3(5)4(6)7/h2*3H,2,5H2,1H3,(H,6,7)/t2*3-/m10/s1. The van der Waals surface area contributed by atoms with Crippen LogP contribution in [0.15, 0.2) is 0 Å². The van der Waals surface area contributed by atoms with Crippen molar-refractivity contribution < 1.29 is 19.8 Å². The van der Waals surface area contributed by atoms with E-state index in [4.69, 9.17) is 21.7 Å². The number of nitrogens with two attached hydrogens (primary N) is 2. The molecule has 0 bridgehead atoms. The van der Waals surface area contributed by atoms with Gasteiger partial charge in [-0.2, -0.15) is 23.5 Å². The van der Waals surface area contributed by atoms with Gasteiger partial charge in [-0.05, 0) is 12.5 Å². The molecule has 6 nitrogen and oxygen atoms in total. The normalized spacial score (nSPS) is 13.2. The van der Waals surface area contributed by atoms with Crippen LogP contribution >= 0.6 is 23.5 Å². The van der Waals surface area contributed by atoms with Crippen LogP contribution in [0, 0.1) is 0 Å². The van der Waals surface area contributed by atoms with Gasteiger partial charge in [0.15, 0.2) is 0 Å². The molecule has 0 saturated carbocycles. The Morgan fingerprint density at radius 2 is 1.25 bits per heavy atom. The second-order valence-electron chi connectivity index (χ2n) is 2.80. The van der Waals surface area contributed by atoms with Crippen LogP contribution in [0.25, 0.3) is 0 Å². The van der Waals surface area contributed by atoms with Crippen LogP contribution < -0.4 is 11.5 Å². The maximum absolute atomic E-state index is 9.95. The van der Waals surface area contributed by atoms with Crippen molar-refractivity contribution in [1.82, 2.24) is 0 Å². The molecule has 0 aromatic carbocycles. The number of hydrogen-bond donors (Lipinski definition) is 4. The van der Waals surface area contributed by atoms with Gasteiger partial charge in [-0.25, -0.2) is 0 Å². The molecule has 0 amide bonds. The zero-order valence-electron chi connectivity index (χ0n) is 9.25. The number of carbonyl (C=O) groups is 2. The number of hydrogen-bond acceptors (Lipinski definition) is 6. The summed E-state index contributed by atoms with van der Waals surface area (Å²) in [5.41, 5.74) is 10.2. The van der Waals surface area contributed by atoms with E-state index in [1.54, 1.807) is 0 Å². The van der Waals surface area contributed by atoms with Crippen LogP contribution in [0.4, 0.5) is 0 Å². The summed E-state index contributed by atoms with van der Waals surface area (Å²) in [5.74, 6) is -0.899. The van der Waals surface area contributed by atoms with Crippen molar-refractivity contribution >= 4 is 35.5 Å². The molecule has 0 aliphatic heterocycles. The summed E-state index contributed by atoms with van der Waals surface area (Å²) in [6.07, 6.45) is 3.64. The second-order valence-corrected chi connectivity index (χ2v) is 4.62. The topological polar surface area (TPSA) is 127 Å². The SMILES string of the molecule is CSC[C@@H](N)C(=O)O.CSC[C@H](N)C(=O)O. The van der Waals surface area contributed by atoms with E-state index in [-0.39, 0.29) is 0 Å². The third-order valence-electron chi connectivity index (χ3n) is 1.33. The fourth-order valence-electron chi connectivity index (χ4n) is 0.502. The monoisotopic (exact) mass is 270 g/mol. The third-order valence-corrected chi connectivity index (χ3v) is 2.71. The number of carboxylic acid groups (broad SMARTS) is 2. The second kappa shape index (κ2) is 11.1. The first kappa shape index (κ1) is 17.9. The molecule has 8 heteroatoms. The Hall–Kier alpha value is -0.440. The fraction of sp³-hybridized carbons (Fsp3) is 0.750. The van der Waals surface area contributed by atoms with Crippen LogP contribution in [0.3, 0.4) is 0 Å². The molecular weight excluding hydrogens is 252 g/mol. The van der Waals surface area contributed by atoms with E-state index in [9.17, 15) is 9.59 Å². The Labute approximate surface area is 103 Å². The Morgan fingerprint density at radius 1 is 1.00 bits per heavy atom. The van der Waals surface area contributed by atoms with E-state index in [1.165, 1.54) is 23.5 Å². The Bertz CT molecular complexity index is 194. The molecule has 2 atom stereocenters. The van der Waals surface area contributed by atoms with Gasteiger partial charge in [0.25, 0.3) is 0 Å². The molecule has 0 unspecified atom stereocenters. The highest BCUT2D eigenvalue weighted by atomic mass is 32.2. The van der Waals surface area contributed by atoms with Gasteiger partial charge in [0.2, 0.25) is 0 Å². The van der Waals surface area contributed by atoms with Crippen molar-refractivity contribution in [3.63, 3.8) is 0 Å². The van der Waals surface area contributed by atoms with Crippen LogP contribution in [-0.2, 0) is 9.59 Å². The Balaban J connectivity index is 0. The highest BCUT2D eigenvalue weighted by molar-refractivity contribution is 7.98. The molecule has 0 radical (unpaired) electrons. The van der Waals surface area contributed by atoms with Crippen molar-refractivity contribution in [1.29, 1.82) is 0 Å². The van der Waals surface area contributed by atoms with Gasteiger partial charge < -0.3 is 21.7 Å².